The van der Waals surface area contributed by atoms with Crippen LogP contribution in [0.5, 0.6) is 0 Å². The molecule has 0 aromatic carbocycles. The van der Waals surface area contributed by atoms with Gasteiger partial charge in [0.15, 0.2) is 5.65 Å². The van der Waals surface area contributed by atoms with Crippen LogP contribution in [0.15, 0.2) is 17.3 Å². The first kappa shape index (κ1) is 11.5. The fourth-order valence-electron chi connectivity index (χ4n) is 1.04. The van der Waals surface area contributed by atoms with Crippen LogP contribution in [0.25, 0.3) is 5.65 Å². The van der Waals surface area contributed by atoms with Crippen LogP contribution in [0.4, 0.5) is 0 Å². The molecular weight excluding hydrogens is 254 g/mol. The standard InChI is InChI=1S/C5H8N6O3P2/c12-4-9-2-6-1-3(9)7-8-10(4)5(13,14)11(15)16/h1-2,13-14H,15-16H2. The maximum Gasteiger partial charge on any atom is 0.358 e. The van der Waals surface area contributed by atoms with E-state index in [-0.39, 0.29) is 5.65 Å². The monoisotopic (exact) mass is 262 g/mol. The van der Waals surface area contributed by atoms with E-state index in [0.29, 0.717) is 4.68 Å². The van der Waals surface area contributed by atoms with Gasteiger partial charge in [0.25, 0.3) is 0 Å². The number of imidazole rings is 1. The average molecular weight is 262 g/mol. The summed E-state index contributed by atoms with van der Waals surface area (Å²) < 4.78 is 2.28. The summed E-state index contributed by atoms with van der Waals surface area (Å²) in [6.07, 6.45) is 2.53. The Labute approximate surface area is 93.2 Å². The van der Waals surface area contributed by atoms with E-state index in [0.717, 1.165) is 8.84 Å². The summed E-state index contributed by atoms with van der Waals surface area (Å²) in [6, 6.07) is -2.61. The van der Waals surface area contributed by atoms with Crippen LogP contribution in [0.2, 0.25) is 0 Å². The summed E-state index contributed by atoms with van der Waals surface area (Å²) in [6.45, 7) is 0. The molecule has 2 unspecified atom stereocenters. The molecule has 2 atom stereocenters. The number of hydrogen-bond acceptors (Lipinski definition) is 7. The van der Waals surface area contributed by atoms with E-state index in [2.05, 4.69) is 15.3 Å². The van der Waals surface area contributed by atoms with Gasteiger partial charge in [0.2, 0.25) is 0 Å². The summed E-state index contributed by atoms with van der Waals surface area (Å²) in [5, 5.41) is 26.2. The Hall–Kier alpha value is -0.980. The largest absolute Gasteiger partial charge is 0.358 e. The Morgan fingerprint density at radius 1 is 1.44 bits per heavy atom. The number of aromatic nitrogens is 5. The number of nitrogens with zero attached hydrogens (tertiary/aromatic N) is 6. The molecule has 2 heterocycles. The molecular formula is C5H8N6O3P2. The summed E-state index contributed by atoms with van der Waals surface area (Å²) in [4.78, 5) is 15.4. The number of fused-ring (bicyclic) bond motifs is 1. The molecule has 0 aliphatic rings. The molecule has 0 amide bonds. The third kappa shape index (κ3) is 1.63. The molecule has 86 valence electrons. The molecule has 0 aliphatic carbocycles. The highest BCUT2D eigenvalue weighted by Crippen LogP contribution is 2.21. The van der Waals surface area contributed by atoms with Gasteiger partial charge >= 0.3 is 11.7 Å². The molecule has 0 fully saturated rings. The second kappa shape index (κ2) is 3.80. The van der Waals surface area contributed by atoms with E-state index in [9.17, 15) is 15.0 Å². The van der Waals surface area contributed by atoms with Crippen molar-refractivity contribution >= 4 is 24.4 Å². The summed E-state index contributed by atoms with van der Waals surface area (Å²) >= 11 is 0. The number of aliphatic hydroxyl groups is 2. The van der Waals surface area contributed by atoms with Crippen LogP contribution in [0.3, 0.4) is 0 Å². The Morgan fingerprint density at radius 3 is 2.75 bits per heavy atom. The van der Waals surface area contributed by atoms with Crippen molar-refractivity contribution in [3.8, 4) is 0 Å². The van der Waals surface area contributed by atoms with E-state index >= 15 is 0 Å². The lowest BCUT2D eigenvalue weighted by atomic mass is 10.8. The quantitative estimate of drug-likeness (QED) is 0.463. The van der Waals surface area contributed by atoms with Gasteiger partial charge in [-0.05, 0) is 0 Å². The third-order valence-electron chi connectivity index (χ3n) is 1.87. The first-order valence-corrected chi connectivity index (χ1v) is 5.01. The summed E-state index contributed by atoms with van der Waals surface area (Å²) in [7, 11) is 3.95. The maximum atomic E-state index is 11.8. The van der Waals surface area contributed by atoms with Gasteiger partial charge in [-0.1, -0.05) is 24.0 Å². The van der Waals surface area contributed by atoms with Crippen LogP contribution in [-0.4, -0.2) is 39.0 Å². The third-order valence-corrected chi connectivity index (χ3v) is 2.57. The molecule has 0 radical (unpaired) electrons. The summed E-state index contributed by atoms with van der Waals surface area (Å²) in [5.74, 6) is 0. The highest BCUT2D eigenvalue weighted by atomic mass is 31.1. The lowest BCUT2D eigenvalue weighted by Gasteiger charge is -2.26. The van der Waals surface area contributed by atoms with E-state index in [4.69, 9.17) is 0 Å². The van der Waals surface area contributed by atoms with Gasteiger partial charge in [0, 0.05) is 0 Å². The van der Waals surface area contributed by atoms with Crippen molar-refractivity contribution in [2.45, 2.75) is 6.03 Å². The van der Waals surface area contributed by atoms with E-state index in [1.54, 1.807) is 0 Å². The van der Waals surface area contributed by atoms with Crippen molar-refractivity contribution in [2.75, 3.05) is 0 Å². The predicted molar refractivity (Wildman–Crippen MR) is 58.7 cm³/mol. The second-order valence-corrected chi connectivity index (χ2v) is 4.62. The van der Waals surface area contributed by atoms with Crippen LogP contribution in [0.1, 0.15) is 0 Å². The van der Waals surface area contributed by atoms with Crippen LogP contribution < -0.4 is 5.69 Å². The van der Waals surface area contributed by atoms with Crippen molar-refractivity contribution in [3.05, 3.63) is 23.0 Å². The normalized spacial score (nSPS) is 12.6. The summed E-state index contributed by atoms with van der Waals surface area (Å²) in [5.41, 5.74) is -0.557. The molecule has 0 aliphatic heterocycles. The topological polar surface area (TPSA) is 109 Å². The molecule has 2 aromatic rings. The van der Waals surface area contributed by atoms with Crippen LogP contribution >= 0.6 is 18.8 Å². The van der Waals surface area contributed by atoms with Gasteiger partial charge in [-0.2, -0.15) is 4.44 Å². The molecule has 2 aromatic heterocycles. The SMILES string of the molecule is O=c1n(C(O)(O)N(P)P)nnc2cncn12. The highest BCUT2D eigenvalue weighted by molar-refractivity contribution is 7.30. The van der Waals surface area contributed by atoms with E-state index in [1.807, 2.05) is 18.8 Å². The van der Waals surface area contributed by atoms with Crippen molar-refractivity contribution < 1.29 is 10.2 Å². The minimum atomic E-state index is -2.61. The fraction of sp³-hybridized carbons (Fsp3) is 0.200. The van der Waals surface area contributed by atoms with Gasteiger partial charge in [0.1, 0.15) is 6.33 Å². The molecule has 2 rings (SSSR count). The van der Waals surface area contributed by atoms with Gasteiger partial charge in [-0.25, -0.2) is 14.2 Å². The van der Waals surface area contributed by atoms with Crippen molar-refractivity contribution in [2.24, 2.45) is 0 Å². The maximum absolute atomic E-state index is 11.8. The van der Waals surface area contributed by atoms with Crippen molar-refractivity contribution in [1.82, 2.24) is 28.8 Å². The number of hydrogen-bond donors (Lipinski definition) is 2. The van der Waals surface area contributed by atoms with Gasteiger partial charge in [-0.3, -0.25) is 0 Å². The zero-order valence-corrected chi connectivity index (χ0v) is 10.1. The van der Waals surface area contributed by atoms with Crippen LogP contribution in [-0.2, 0) is 6.03 Å². The second-order valence-electron chi connectivity index (χ2n) is 2.91. The molecule has 11 heteroatoms. The first-order valence-electron chi connectivity index (χ1n) is 3.97. The zero-order valence-electron chi connectivity index (χ0n) is 7.80. The van der Waals surface area contributed by atoms with Crippen molar-refractivity contribution in [1.29, 1.82) is 0 Å². The van der Waals surface area contributed by atoms with Gasteiger partial charge < -0.3 is 10.2 Å². The van der Waals surface area contributed by atoms with E-state index in [1.165, 1.54) is 12.5 Å². The lowest BCUT2D eigenvalue weighted by molar-refractivity contribution is -0.282. The minimum absolute atomic E-state index is 0.219. The molecule has 9 nitrogen and oxygen atoms in total. The highest BCUT2D eigenvalue weighted by Gasteiger charge is 2.33. The molecule has 0 saturated heterocycles. The Balaban J connectivity index is 2.71. The molecule has 0 bridgehead atoms. The zero-order chi connectivity index (χ0) is 11.9. The minimum Gasteiger partial charge on any atom is -0.334 e. The predicted octanol–water partition coefficient (Wildman–Crippen LogP) is -2.28. The fourth-order valence-corrected chi connectivity index (χ4v) is 1.26. The Kier molecular flexibility index (Phi) is 2.73. The molecule has 2 N–H and O–H groups in total. The Morgan fingerprint density at radius 2 is 2.12 bits per heavy atom. The Bertz CT molecular complexity index is 577. The first-order chi connectivity index (χ1) is 7.44. The molecule has 16 heavy (non-hydrogen) atoms. The average Bonchev–Trinajstić information content (AvgIpc) is 2.66. The van der Waals surface area contributed by atoms with Crippen molar-refractivity contribution in [3.63, 3.8) is 0 Å². The lowest BCUT2D eigenvalue weighted by Crippen LogP contribution is -2.50. The van der Waals surface area contributed by atoms with Gasteiger partial charge in [-0.15, -0.1) is 9.78 Å². The number of rotatable bonds is 2. The molecule has 0 spiro atoms. The van der Waals surface area contributed by atoms with Crippen LogP contribution in [0, 0.1) is 0 Å². The van der Waals surface area contributed by atoms with E-state index < -0.39 is 11.7 Å². The smallest absolute Gasteiger partial charge is 0.334 e. The molecule has 0 saturated carbocycles. The van der Waals surface area contributed by atoms with Gasteiger partial charge in [0.05, 0.1) is 6.20 Å².